The number of benzene rings is 1. The zero-order valence-electron chi connectivity index (χ0n) is 18.3. The molecule has 2 fully saturated rings. The minimum atomic E-state index is -1.26. The van der Waals surface area contributed by atoms with Gasteiger partial charge in [0.1, 0.15) is 11.9 Å². The zero-order chi connectivity index (χ0) is 24.9. The van der Waals surface area contributed by atoms with E-state index in [1.54, 1.807) is 13.0 Å². The van der Waals surface area contributed by atoms with E-state index in [2.05, 4.69) is 10.6 Å². The maximum atomic E-state index is 12.7. The molecule has 1 aromatic rings. The van der Waals surface area contributed by atoms with Gasteiger partial charge in [-0.25, -0.2) is 9.59 Å². The average molecular weight is 492 g/mol. The van der Waals surface area contributed by atoms with Crippen molar-refractivity contribution in [1.29, 1.82) is 0 Å². The van der Waals surface area contributed by atoms with E-state index < -0.39 is 59.3 Å². The van der Waals surface area contributed by atoms with Crippen molar-refractivity contribution in [3.8, 4) is 0 Å². The molecule has 0 bridgehead atoms. The molecule has 182 valence electrons. The number of β-lactam (4-membered cyclic amide) rings is 1. The minimum Gasteiger partial charge on any atom is -0.478 e. The molecule has 2 amide bonds. The summed E-state index contributed by atoms with van der Waals surface area (Å²) in [5, 5.41) is 44.2. The Hall–Kier alpha value is -2.93. The Bertz CT molecular complexity index is 1090. The van der Waals surface area contributed by atoms with Gasteiger partial charge in [0.05, 0.1) is 34.9 Å². The minimum absolute atomic E-state index is 0.0173. The first-order valence-corrected chi connectivity index (χ1v) is 11.6. The van der Waals surface area contributed by atoms with Gasteiger partial charge in [0.2, 0.25) is 11.8 Å². The summed E-state index contributed by atoms with van der Waals surface area (Å²) in [6.45, 7) is 3.28. The van der Waals surface area contributed by atoms with E-state index in [9.17, 15) is 34.5 Å². The summed E-state index contributed by atoms with van der Waals surface area (Å²) in [4.78, 5) is 49.9. The average Bonchev–Trinajstić information content (AvgIpc) is 3.24. The predicted molar refractivity (Wildman–Crippen MR) is 121 cm³/mol. The van der Waals surface area contributed by atoms with Crippen LogP contribution in [0.1, 0.15) is 30.6 Å². The number of aliphatic hydroxyl groups excluding tert-OH is 2. The molecule has 3 heterocycles. The van der Waals surface area contributed by atoms with Gasteiger partial charge < -0.3 is 30.6 Å². The summed E-state index contributed by atoms with van der Waals surface area (Å²) in [6, 6.07) is 4.51. The molecule has 6 N–H and O–H groups in total. The van der Waals surface area contributed by atoms with E-state index in [-0.39, 0.29) is 23.6 Å². The van der Waals surface area contributed by atoms with Gasteiger partial charge in [0.25, 0.3) is 0 Å². The maximum absolute atomic E-state index is 12.7. The highest BCUT2D eigenvalue weighted by atomic mass is 32.2. The second-order valence-electron chi connectivity index (χ2n) is 8.70. The largest absolute Gasteiger partial charge is 0.478 e. The number of hydrogen-bond donors (Lipinski definition) is 6. The third-order valence-corrected chi connectivity index (χ3v) is 8.05. The molecule has 34 heavy (non-hydrogen) atoms. The van der Waals surface area contributed by atoms with Gasteiger partial charge in [-0.3, -0.25) is 14.9 Å². The highest BCUT2D eigenvalue weighted by Crippen LogP contribution is 2.52. The van der Waals surface area contributed by atoms with Crippen LogP contribution >= 0.6 is 11.8 Å². The number of carboxylic acid groups (broad SMARTS) is 2. The highest BCUT2D eigenvalue weighted by Gasteiger charge is 2.60. The normalized spacial score (nSPS) is 31.2. The Morgan fingerprint density at radius 1 is 1.24 bits per heavy atom. The summed E-state index contributed by atoms with van der Waals surface area (Å²) in [5.41, 5.74) is 0.170. The van der Waals surface area contributed by atoms with Crippen LogP contribution in [-0.2, 0) is 14.4 Å². The number of rotatable bonds is 7. The number of carboxylic acids is 2. The molecule has 4 rings (SSSR count). The van der Waals surface area contributed by atoms with Crippen molar-refractivity contribution >= 4 is 41.2 Å². The molecule has 3 aliphatic rings. The number of carbonyl (C=O) groups is 4. The Morgan fingerprint density at radius 2 is 1.94 bits per heavy atom. The lowest BCUT2D eigenvalue weighted by Gasteiger charge is -2.46. The topological polar surface area (TPSA) is 176 Å². The fraction of sp³-hybridized carbons (Fsp3) is 0.455. The third-order valence-electron chi connectivity index (χ3n) is 6.48. The van der Waals surface area contributed by atoms with Gasteiger partial charge in [-0.2, -0.15) is 0 Å². The summed E-state index contributed by atoms with van der Waals surface area (Å²) >= 11 is 1.12. The molecule has 1 aromatic carbocycles. The molecule has 0 spiro atoms. The molecule has 0 radical (unpaired) electrons. The second-order valence-corrected chi connectivity index (χ2v) is 9.98. The van der Waals surface area contributed by atoms with E-state index >= 15 is 0 Å². The molecule has 1 unspecified atom stereocenters. The number of aliphatic carboxylic acids is 1. The molecule has 11 nitrogen and oxygen atoms in total. The first-order chi connectivity index (χ1) is 16.0. The zero-order valence-corrected chi connectivity index (χ0v) is 19.2. The van der Waals surface area contributed by atoms with Gasteiger partial charge in [0.15, 0.2) is 0 Å². The molecule has 2 saturated heterocycles. The van der Waals surface area contributed by atoms with E-state index in [0.29, 0.717) is 10.6 Å². The van der Waals surface area contributed by atoms with Crippen molar-refractivity contribution in [1.82, 2.24) is 10.2 Å². The van der Waals surface area contributed by atoms with Crippen molar-refractivity contribution < 1.29 is 39.6 Å². The van der Waals surface area contributed by atoms with E-state index in [1.165, 1.54) is 30.0 Å². The van der Waals surface area contributed by atoms with Crippen LogP contribution in [0.3, 0.4) is 0 Å². The molecular weight excluding hydrogens is 466 g/mol. The lowest BCUT2D eigenvalue weighted by molar-refractivity contribution is -0.163. The van der Waals surface area contributed by atoms with Crippen LogP contribution in [0, 0.1) is 11.8 Å². The van der Waals surface area contributed by atoms with E-state index in [4.69, 9.17) is 5.11 Å². The number of nitrogens with one attached hydrogen (secondary N) is 2. The van der Waals surface area contributed by atoms with Gasteiger partial charge in [0, 0.05) is 16.5 Å². The van der Waals surface area contributed by atoms with Crippen molar-refractivity contribution in [3.05, 3.63) is 40.4 Å². The number of hydrogen-bond acceptors (Lipinski definition) is 8. The number of thioether (sulfide) groups is 1. The summed E-state index contributed by atoms with van der Waals surface area (Å²) in [6.07, 6.45) is -1.85. The SMILES string of the molecule is C[C@@H](O)[C@H]1C(=O)N2C(C(=O)O)=C(S[C@H]3C[C@@H](C(=O)Nc4cccc(C(=O)O)c4)NC3O)[C@H](C)[C@H]12. The predicted octanol–water partition coefficient (Wildman–Crippen LogP) is 0.259. The van der Waals surface area contributed by atoms with Gasteiger partial charge in [-0.05, 0) is 31.5 Å². The monoisotopic (exact) mass is 491 g/mol. The first kappa shape index (κ1) is 24.2. The molecule has 0 saturated carbocycles. The number of aliphatic hydroxyl groups is 2. The van der Waals surface area contributed by atoms with Gasteiger partial charge >= 0.3 is 11.9 Å². The number of aromatic carboxylic acids is 1. The molecule has 0 aromatic heterocycles. The van der Waals surface area contributed by atoms with Crippen molar-refractivity contribution in [2.45, 2.75) is 49.9 Å². The fourth-order valence-corrected chi connectivity index (χ4v) is 6.31. The Morgan fingerprint density at radius 3 is 2.56 bits per heavy atom. The Balaban J connectivity index is 1.47. The molecule has 7 atom stereocenters. The van der Waals surface area contributed by atoms with E-state index in [1.807, 2.05) is 0 Å². The number of amides is 2. The summed E-state index contributed by atoms with van der Waals surface area (Å²) in [7, 11) is 0. The molecule has 12 heteroatoms. The number of carbonyl (C=O) groups excluding carboxylic acids is 2. The quantitative estimate of drug-likeness (QED) is 0.290. The second kappa shape index (κ2) is 9.02. The Labute approximate surface area is 198 Å². The van der Waals surface area contributed by atoms with Crippen molar-refractivity contribution in [2.75, 3.05) is 5.32 Å². The van der Waals surface area contributed by atoms with E-state index in [0.717, 1.165) is 11.8 Å². The number of fused-ring (bicyclic) bond motifs is 1. The van der Waals surface area contributed by atoms with Crippen LogP contribution in [0.15, 0.2) is 34.9 Å². The lowest BCUT2D eigenvalue weighted by atomic mass is 9.79. The van der Waals surface area contributed by atoms with Gasteiger partial charge in [-0.15, -0.1) is 11.8 Å². The standard InChI is InChI=1S/C22H25N3O8S/c1-8-15-14(9(2)26)20(29)25(15)16(22(32)33)17(8)34-13-7-12(24-19(13)28)18(27)23-11-5-3-4-10(6-11)21(30)31/h3-6,8-9,12-15,19,24,26,28H,7H2,1-2H3,(H,23,27)(H,30,31)(H,32,33)/t8-,9-,12+,13+,14-,15-,19?/m1/s1. The van der Waals surface area contributed by atoms with Crippen LogP contribution in [0.25, 0.3) is 0 Å². The summed E-state index contributed by atoms with van der Waals surface area (Å²) in [5.74, 6) is -4.34. The van der Waals surface area contributed by atoms with Crippen LogP contribution < -0.4 is 10.6 Å². The van der Waals surface area contributed by atoms with Crippen LogP contribution in [-0.4, -0.2) is 78.7 Å². The highest BCUT2D eigenvalue weighted by molar-refractivity contribution is 8.03. The van der Waals surface area contributed by atoms with Gasteiger partial charge in [-0.1, -0.05) is 13.0 Å². The number of nitrogens with zero attached hydrogens (tertiary/aromatic N) is 1. The smallest absolute Gasteiger partial charge is 0.353 e. The molecule has 3 aliphatic heterocycles. The fourth-order valence-electron chi connectivity index (χ4n) is 4.84. The maximum Gasteiger partial charge on any atom is 0.353 e. The third kappa shape index (κ3) is 4.06. The lowest BCUT2D eigenvalue weighted by Crippen LogP contribution is -2.63. The Kier molecular flexibility index (Phi) is 6.42. The van der Waals surface area contributed by atoms with Crippen molar-refractivity contribution in [3.63, 3.8) is 0 Å². The van der Waals surface area contributed by atoms with Crippen LogP contribution in [0.2, 0.25) is 0 Å². The molecule has 0 aliphatic carbocycles. The first-order valence-electron chi connectivity index (χ1n) is 10.7. The van der Waals surface area contributed by atoms with Crippen LogP contribution in [0.4, 0.5) is 5.69 Å². The molecular formula is C22H25N3O8S. The number of anilines is 1. The van der Waals surface area contributed by atoms with Crippen LogP contribution in [0.5, 0.6) is 0 Å². The summed E-state index contributed by atoms with van der Waals surface area (Å²) < 4.78 is 0. The van der Waals surface area contributed by atoms with Crippen molar-refractivity contribution in [2.24, 2.45) is 11.8 Å².